The predicted molar refractivity (Wildman–Crippen MR) is 97.2 cm³/mol. The fourth-order valence-electron chi connectivity index (χ4n) is 3.07. The first-order chi connectivity index (χ1) is 12.4. The van der Waals surface area contributed by atoms with E-state index in [-0.39, 0.29) is 17.4 Å². The highest BCUT2D eigenvalue weighted by Crippen LogP contribution is 2.38. The second-order valence-corrected chi connectivity index (χ2v) is 6.18. The van der Waals surface area contributed by atoms with Gasteiger partial charge in [-0.05, 0) is 32.9 Å². The fraction of sp³-hybridized carbons (Fsp3) is 0.316. The molecule has 1 aliphatic heterocycles. The maximum atomic E-state index is 12.7. The molecule has 0 aliphatic carbocycles. The van der Waals surface area contributed by atoms with E-state index in [2.05, 4.69) is 5.32 Å². The van der Waals surface area contributed by atoms with Crippen molar-refractivity contribution in [1.82, 2.24) is 0 Å². The fourth-order valence-corrected chi connectivity index (χ4v) is 3.07. The van der Waals surface area contributed by atoms with Crippen LogP contribution in [-0.4, -0.2) is 23.5 Å². The maximum absolute atomic E-state index is 12.7. The first kappa shape index (κ1) is 17.7. The molecule has 0 fully saturated rings. The summed E-state index contributed by atoms with van der Waals surface area (Å²) in [7, 11) is 0. The number of nitrogens with one attached hydrogen (secondary N) is 1. The highest BCUT2D eigenvalue weighted by atomic mass is 16.6. The maximum Gasteiger partial charge on any atom is 0.273 e. The van der Waals surface area contributed by atoms with Crippen molar-refractivity contribution >= 4 is 17.3 Å². The Kier molecular flexibility index (Phi) is 4.79. The van der Waals surface area contributed by atoms with Crippen molar-refractivity contribution in [2.75, 3.05) is 11.9 Å². The molecular formula is C19H20N2O5. The Hall–Kier alpha value is -3.09. The largest absolute Gasteiger partial charge is 0.492 e. The Balaban J connectivity index is 1.94. The molecule has 0 saturated carbocycles. The van der Waals surface area contributed by atoms with E-state index in [1.165, 1.54) is 12.1 Å². The summed E-state index contributed by atoms with van der Waals surface area (Å²) >= 11 is 0. The van der Waals surface area contributed by atoms with Gasteiger partial charge in [-0.25, -0.2) is 0 Å². The minimum Gasteiger partial charge on any atom is -0.492 e. The molecule has 136 valence electrons. The van der Waals surface area contributed by atoms with Crippen molar-refractivity contribution in [3.05, 3.63) is 57.1 Å². The molecule has 1 atom stereocenters. The summed E-state index contributed by atoms with van der Waals surface area (Å²) in [6.45, 7) is 5.85. The molecule has 1 aliphatic rings. The number of ether oxygens (including phenoxy) is 2. The van der Waals surface area contributed by atoms with E-state index in [1.807, 2.05) is 19.9 Å². The molecule has 0 spiro atoms. The number of hydrogen-bond donors (Lipinski definition) is 1. The quantitative estimate of drug-likeness (QED) is 0.648. The van der Waals surface area contributed by atoms with Crippen LogP contribution >= 0.6 is 0 Å². The molecule has 3 rings (SSSR count). The van der Waals surface area contributed by atoms with Crippen LogP contribution in [0.1, 0.15) is 35.3 Å². The summed E-state index contributed by atoms with van der Waals surface area (Å²) in [5.74, 6) is 0.838. The molecule has 0 aromatic heterocycles. The third-order valence-corrected chi connectivity index (χ3v) is 4.29. The molecule has 7 nitrogen and oxygen atoms in total. The van der Waals surface area contributed by atoms with Crippen LogP contribution in [-0.2, 0) is 6.42 Å². The lowest BCUT2D eigenvalue weighted by Crippen LogP contribution is -2.15. The predicted octanol–water partition coefficient (Wildman–Crippen LogP) is 3.88. The number of benzene rings is 2. The lowest BCUT2D eigenvalue weighted by Gasteiger charge is -2.14. The molecule has 0 unspecified atom stereocenters. The summed E-state index contributed by atoms with van der Waals surface area (Å²) in [6.07, 6.45) is 0.859. The van der Waals surface area contributed by atoms with Gasteiger partial charge in [-0.15, -0.1) is 0 Å². The van der Waals surface area contributed by atoms with E-state index >= 15 is 0 Å². The SMILES string of the molecule is CCOc1cc2c(cc1NC(=O)c1cccc([N+](=O)[O-])c1C)O[C@H](C)C2. The molecule has 26 heavy (non-hydrogen) atoms. The molecule has 2 aromatic carbocycles. The zero-order valence-electron chi connectivity index (χ0n) is 14.9. The van der Waals surface area contributed by atoms with E-state index in [4.69, 9.17) is 9.47 Å². The number of nitrogens with zero attached hydrogens (tertiary/aromatic N) is 1. The summed E-state index contributed by atoms with van der Waals surface area (Å²) in [4.78, 5) is 23.3. The topological polar surface area (TPSA) is 90.7 Å². The molecule has 1 heterocycles. The Morgan fingerprint density at radius 3 is 2.88 bits per heavy atom. The number of nitro benzene ring substituents is 1. The molecule has 0 bridgehead atoms. The summed E-state index contributed by atoms with van der Waals surface area (Å²) in [5.41, 5.74) is 1.99. The van der Waals surface area contributed by atoms with Gasteiger partial charge < -0.3 is 14.8 Å². The van der Waals surface area contributed by atoms with Crippen molar-refractivity contribution < 1.29 is 19.2 Å². The first-order valence-corrected chi connectivity index (χ1v) is 8.42. The van der Waals surface area contributed by atoms with Gasteiger partial charge in [-0.3, -0.25) is 14.9 Å². The van der Waals surface area contributed by atoms with Crippen LogP contribution in [0.5, 0.6) is 11.5 Å². The second kappa shape index (κ2) is 7.03. The minimum atomic E-state index is -0.498. The monoisotopic (exact) mass is 356 g/mol. The van der Waals surface area contributed by atoms with Crippen molar-refractivity contribution in [2.45, 2.75) is 33.3 Å². The third kappa shape index (κ3) is 3.33. The number of hydrogen-bond acceptors (Lipinski definition) is 5. The van der Waals surface area contributed by atoms with Crippen LogP contribution in [0.4, 0.5) is 11.4 Å². The summed E-state index contributed by atoms with van der Waals surface area (Å²) in [5, 5.41) is 13.9. The van der Waals surface area contributed by atoms with Crippen LogP contribution in [0.2, 0.25) is 0 Å². The number of nitro groups is 1. The lowest BCUT2D eigenvalue weighted by molar-refractivity contribution is -0.385. The molecule has 0 saturated heterocycles. The second-order valence-electron chi connectivity index (χ2n) is 6.18. The highest BCUT2D eigenvalue weighted by molar-refractivity contribution is 6.06. The number of fused-ring (bicyclic) bond motifs is 1. The molecule has 7 heteroatoms. The van der Waals surface area contributed by atoms with Crippen molar-refractivity contribution in [3.63, 3.8) is 0 Å². The van der Waals surface area contributed by atoms with Gasteiger partial charge in [-0.2, -0.15) is 0 Å². The third-order valence-electron chi connectivity index (χ3n) is 4.29. The van der Waals surface area contributed by atoms with Crippen molar-refractivity contribution in [3.8, 4) is 11.5 Å². The lowest BCUT2D eigenvalue weighted by atomic mass is 10.1. The van der Waals surface area contributed by atoms with E-state index < -0.39 is 10.8 Å². The highest BCUT2D eigenvalue weighted by Gasteiger charge is 2.24. The van der Waals surface area contributed by atoms with Crippen molar-refractivity contribution in [2.24, 2.45) is 0 Å². The van der Waals surface area contributed by atoms with Crippen LogP contribution in [0.25, 0.3) is 0 Å². The first-order valence-electron chi connectivity index (χ1n) is 8.42. The van der Waals surface area contributed by atoms with Gasteiger partial charge in [0.25, 0.3) is 11.6 Å². The Bertz CT molecular complexity index is 878. The number of amides is 1. The van der Waals surface area contributed by atoms with Crippen LogP contribution in [0, 0.1) is 17.0 Å². The Morgan fingerprint density at radius 1 is 1.42 bits per heavy atom. The van der Waals surface area contributed by atoms with Gasteiger partial charge in [-0.1, -0.05) is 6.07 Å². The van der Waals surface area contributed by atoms with Crippen LogP contribution in [0.3, 0.4) is 0 Å². The number of rotatable bonds is 5. The summed E-state index contributed by atoms with van der Waals surface area (Å²) in [6, 6.07) is 8.05. The molecule has 1 N–H and O–H groups in total. The minimum absolute atomic E-state index is 0.0736. The van der Waals surface area contributed by atoms with Gasteiger partial charge in [0, 0.05) is 35.2 Å². The zero-order valence-corrected chi connectivity index (χ0v) is 14.9. The van der Waals surface area contributed by atoms with E-state index in [1.54, 1.807) is 19.1 Å². The standard InChI is InChI=1S/C19H20N2O5/c1-4-25-18-9-13-8-11(2)26-17(13)10-15(18)20-19(22)14-6-5-7-16(12(14)3)21(23)24/h5-7,9-11H,4,8H2,1-3H3,(H,20,22)/t11-/m1/s1. The Labute approximate surface area is 151 Å². The molecule has 0 radical (unpaired) electrons. The normalized spacial score (nSPS) is 15.1. The smallest absolute Gasteiger partial charge is 0.273 e. The van der Waals surface area contributed by atoms with Gasteiger partial charge in [0.05, 0.1) is 17.2 Å². The van der Waals surface area contributed by atoms with Gasteiger partial charge in [0.1, 0.15) is 17.6 Å². The number of anilines is 1. The average molecular weight is 356 g/mol. The number of carbonyl (C=O) groups excluding carboxylic acids is 1. The van der Waals surface area contributed by atoms with Gasteiger partial charge >= 0.3 is 0 Å². The molecular weight excluding hydrogens is 336 g/mol. The van der Waals surface area contributed by atoms with Gasteiger partial charge in [0.2, 0.25) is 0 Å². The average Bonchev–Trinajstić information content (AvgIpc) is 2.94. The van der Waals surface area contributed by atoms with Crippen LogP contribution < -0.4 is 14.8 Å². The molecule has 1 amide bonds. The van der Waals surface area contributed by atoms with Crippen molar-refractivity contribution in [1.29, 1.82) is 0 Å². The summed E-state index contributed by atoms with van der Waals surface area (Å²) < 4.78 is 11.4. The van der Waals surface area contributed by atoms with Crippen LogP contribution in [0.15, 0.2) is 30.3 Å². The van der Waals surface area contributed by atoms with E-state index in [9.17, 15) is 14.9 Å². The van der Waals surface area contributed by atoms with Gasteiger partial charge in [0.15, 0.2) is 0 Å². The zero-order chi connectivity index (χ0) is 18.8. The van der Waals surface area contributed by atoms with E-state index in [0.29, 0.717) is 29.4 Å². The number of carbonyl (C=O) groups is 1. The van der Waals surface area contributed by atoms with E-state index in [0.717, 1.165) is 12.0 Å². The Morgan fingerprint density at radius 2 is 2.19 bits per heavy atom. The molecule has 2 aromatic rings.